The SMILES string of the molecule is NCC(=O)N1CCN(c2nnc(Cc3ccc(Cl)cc3)s2)CC1. The summed E-state index contributed by atoms with van der Waals surface area (Å²) in [5, 5.41) is 11.2. The molecule has 6 nitrogen and oxygen atoms in total. The second kappa shape index (κ2) is 7.25. The number of halogens is 1. The Morgan fingerprint density at radius 1 is 1.17 bits per heavy atom. The van der Waals surface area contributed by atoms with Crippen molar-refractivity contribution in [2.24, 2.45) is 5.73 Å². The smallest absolute Gasteiger partial charge is 0.236 e. The van der Waals surface area contributed by atoms with E-state index >= 15 is 0 Å². The molecule has 1 saturated heterocycles. The molecule has 0 unspecified atom stereocenters. The van der Waals surface area contributed by atoms with Gasteiger partial charge < -0.3 is 15.5 Å². The van der Waals surface area contributed by atoms with Gasteiger partial charge in [-0.3, -0.25) is 4.79 Å². The van der Waals surface area contributed by atoms with E-state index in [4.69, 9.17) is 17.3 Å². The first kappa shape index (κ1) is 16.2. The standard InChI is InChI=1S/C15H18ClN5OS/c16-12-3-1-11(2-4-12)9-13-18-19-15(23-13)21-7-5-20(6-8-21)14(22)10-17/h1-4H,5-10,17H2. The highest BCUT2D eigenvalue weighted by Gasteiger charge is 2.22. The first-order valence-electron chi connectivity index (χ1n) is 7.45. The molecule has 1 aliphatic heterocycles. The highest BCUT2D eigenvalue weighted by Crippen LogP contribution is 2.24. The van der Waals surface area contributed by atoms with Gasteiger partial charge >= 0.3 is 0 Å². The Morgan fingerprint density at radius 3 is 2.52 bits per heavy atom. The lowest BCUT2D eigenvalue weighted by Crippen LogP contribution is -2.50. The third kappa shape index (κ3) is 3.99. The monoisotopic (exact) mass is 351 g/mol. The van der Waals surface area contributed by atoms with E-state index in [9.17, 15) is 4.79 Å². The van der Waals surface area contributed by atoms with Crippen LogP contribution in [-0.2, 0) is 11.2 Å². The van der Waals surface area contributed by atoms with Crippen molar-refractivity contribution in [3.05, 3.63) is 39.9 Å². The zero-order valence-electron chi connectivity index (χ0n) is 12.6. The number of benzene rings is 1. The maximum atomic E-state index is 11.6. The second-order valence-corrected chi connectivity index (χ2v) is 6.83. The summed E-state index contributed by atoms with van der Waals surface area (Å²) in [6.45, 7) is 2.97. The molecule has 0 aliphatic carbocycles. The fourth-order valence-electron chi connectivity index (χ4n) is 2.50. The number of rotatable bonds is 4. The van der Waals surface area contributed by atoms with Crippen LogP contribution in [0.4, 0.5) is 5.13 Å². The maximum Gasteiger partial charge on any atom is 0.236 e. The molecule has 2 N–H and O–H groups in total. The first-order valence-corrected chi connectivity index (χ1v) is 8.65. The quantitative estimate of drug-likeness (QED) is 0.900. The maximum absolute atomic E-state index is 11.6. The van der Waals surface area contributed by atoms with Gasteiger partial charge in [0, 0.05) is 37.6 Å². The summed E-state index contributed by atoms with van der Waals surface area (Å²) < 4.78 is 0. The molecule has 2 aromatic rings. The van der Waals surface area contributed by atoms with Gasteiger partial charge in [0.05, 0.1) is 6.54 Å². The minimum atomic E-state index is 0.00495. The molecule has 1 aromatic carbocycles. The Hall–Kier alpha value is -1.70. The van der Waals surface area contributed by atoms with Gasteiger partial charge in [0.25, 0.3) is 0 Å². The predicted octanol–water partition coefficient (Wildman–Crippen LogP) is 1.39. The van der Waals surface area contributed by atoms with Crippen molar-refractivity contribution in [1.29, 1.82) is 0 Å². The Kier molecular flexibility index (Phi) is 5.09. The van der Waals surface area contributed by atoms with Crippen molar-refractivity contribution in [2.45, 2.75) is 6.42 Å². The lowest BCUT2D eigenvalue weighted by Gasteiger charge is -2.34. The minimum Gasteiger partial charge on any atom is -0.343 e. The van der Waals surface area contributed by atoms with E-state index in [1.165, 1.54) is 0 Å². The van der Waals surface area contributed by atoms with Gasteiger partial charge in [-0.1, -0.05) is 35.1 Å². The van der Waals surface area contributed by atoms with Gasteiger partial charge in [0.15, 0.2) is 0 Å². The van der Waals surface area contributed by atoms with Crippen LogP contribution in [0.3, 0.4) is 0 Å². The third-order valence-electron chi connectivity index (χ3n) is 3.80. The average molecular weight is 352 g/mol. The molecule has 122 valence electrons. The summed E-state index contributed by atoms with van der Waals surface area (Å²) in [7, 11) is 0. The van der Waals surface area contributed by atoms with Gasteiger partial charge in [-0.05, 0) is 17.7 Å². The van der Waals surface area contributed by atoms with Crippen LogP contribution >= 0.6 is 22.9 Å². The number of aromatic nitrogens is 2. The largest absolute Gasteiger partial charge is 0.343 e. The Balaban J connectivity index is 1.59. The molecule has 0 saturated carbocycles. The molecule has 1 aliphatic rings. The van der Waals surface area contributed by atoms with E-state index in [2.05, 4.69) is 15.1 Å². The van der Waals surface area contributed by atoms with Crippen molar-refractivity contribution in [2.75, 3.05) is 37.6 Å². The number of anilines is 1. The Labute approximate surface area is 143 Å². The lowest BCUT2D eigenvalue weighted by atomic mass is 10.2. The zero-order valence-corrected chi connectivity index (χ0v) is 14.2. The van der Waals surface area contributed by atoms with Crippen LogP contribution in [0, 0.1) is 0 Å². The fourth-order valence-corrected chi connectivity index (χ4v) is 3.55. The topological polar surface area (TPSA) is 75.4 Å². The van der Waals surface area contributed by atoms with Crippen LogP contribution in [0.25, 0.3) is 0 Å². The molecule has 0 spiro atoms. The minimum absolute atomic E-state index is 0.00495. The van der Waals surface area contributed by atoms with Crippen LogP contribution < -0.4 is 10.6 Å². The molecule has 0 bridgehead atoms. The molecule has 2 heterocycles. The van der Waals surface area contributed by atoms with Crippen molar-refractivity contribution in [3.63, 3.8) is 0 Å². The highest BCUT2D eigenvalue weighted by atomic mass is 35.5. The molecular weight excluding hydrogens is 334 g/mol. The molecular formula is C15H18ClN5OS. The number of piperazine rings is 1. The summed E-state index contributed by atoms with van der Waals surface area (Å²) in [6, 6.07) is 7.76. The van der Waals surface area contributed by atoms with Gasteiger partial charge in [0.1, 0.15) is 5.01 Å². The third-order valence-corrected chi connectivity index (χ3v) is 5.04. The second-order valence-electron chi connectivity index (χ2n) is 5.35. The summed E-state index contributed by atoms with van der Waals surface area (Å²) in [4.78, 5) is 15.6. The summed E-state index contributed by atoms with van der Waals surface area (Å²) in [6.07, 6.45) is 0.750. The first-order chi connectivity index (χ1) is 11.2. The lowest BCUT2D eigenvalue weighted by molar-refractivity contribution is -0.129. The van der Waals surface area contributed by atoms with E-state index in [0.717, 1.165) is 40.2 Å². The Bertz CT molecular complexity index is 667. The highest BCUT2D eigenvalue weighted by molar-refractivity contribution is 7.15. The van der Waals surface area contributed by atoms with Crippen molar-refractivity contribution < 1.29 is 4.79 Å². The molecule has 0 radical (unpaired) electrons. The van der Waals surface area contributed by atoms with Crippen LogP contribution in [0.2, 0.25) is 5.02 Å². The number of carbonyl (C=O) groups excluding carboxylic acids is 1. The zero-order chi connectivity index (χ0) is 16.2. The van der Waals surface area contributed by atoms with E-state index in [0.29, 0.717) is 13.1 Å². The van der Waals surface area contributed by atoms with E-state index < -0.39 is 0 Å². The molecule has 8 heteroatoms. The van der Waals surface area contributed by atoms with Gasteiger partial charge in [-0.25, -0.2) is 0 Å². The summed E-state index contributed by atoms with van der Waals surface area (Å²) in [5.41, 5.74) is 6.56. The Morgan fingerprint density at radius 2 is 1.87 bits per heavy atom. The predicted molar refractivity (Wildman–Crippen MR) is 92.0 cm³/mol. The molecule has 3 rings (SSSR count). The molecule has 0 atom stereocenters. The average Bonchev–Trinajstić information content (AvgIpc) is 3.05. The van der Waals surface area contributed by atoms with Crippen LogP contribution in [0.5, 0.6) is 0 Å². The molecule has 1 aromatic heterocycles. The van der Waals surface area contributed by atoms with Crippen molar-refractivity contribution >= 4 is 34.0 Å². The molecule has 1 fully saturated rings. The van der Waals surface area contributed by atoms with Crippen molar-refractivity contribution in [3.8, 4) is 0 Å². The van der Waals surface area contributed by atoms with Crippen molar-refractivity contribution in [1.82, 2.24) is 15.1 Å². The number of nitrogens with zero attached hydrogens (tertiary/aromatic N) is 4. The normalized spacial score (nSPS) is 15.0. The summed E-state index contributed by atoms with van der Waals surface area (Å²) >= 11 is 7.49. The number of hydrogen-bond donors (Lipinski definition) is 1. The fraction of sp³-hybridized carbons (Fsp3) is 0.400. The number of nitrogens with two attached hydrogens (primary N) is 1. The molecule has 1 amide bonds. The number of amides is 1. The van der Waals surface area contributed by atoms with E-state index in [1.807, 2.05) is 24.3 Å². The number of carbonyl (C=O) groups is 1. The van der Waals surface area contributed by atoms with Crippen LogP contribution in [0.1, 0.15) is 10.6 Å². The van der Waals surface area contributed by atoms with Gasteiger partial charge in [-0.15, -0.1) is 10.2 Å². The summed E-state index contributed by atoms with van der Waals surface area (Å²) in [5.74, 6) is 0.00495. The van der Waals surface area contributed by atoms with Gasteiger partial charge in [0.2, 0.25) is 11.0 Å². The molecule has 23 heavy (non-hydrogen) atoms. The van der Waals surface area contributed by atoms with Gasteiger partial charge in [-0.2, -0.15) is 0 Å². The van der Waals surface area contributed by atoms with Crippen LogP contribution in [0.15, 0.2) is 24.3 Å². The van der Waals surface area contributed by atoms with Crippen LogP contribution in [-0.4, -0.2) is 53.7 Å². The van der Waals surface area contributed by atoms with E-state index in [1.54, 1.807) is 16.2 Å². The van der Waals surface area contributed by atoms with E-state index in [-0.39, 0.29) is 12.5 Å². The number of hydrogen-bond acceptors (Lipinski definition) is 6.